The van der Waals surface area contributed by atoms with Crippen molar-refractivity contribution in [1.29, 1.82) is 0 Å². The van der Waals surface area contributed by atoms with Crippen LogP contribution in [0.3, 0.4) is 0 Å². The van der Waals surface area contributed by atoms with Gasteiger partial charge in [0.05, 0.1) is 17.6 Å². The SMILES string of the molecule is CCc1nc2ccccc2n1CCOc1cccc2ccccc12. The lowest BCUT2D eigenvalue weighted by Crippen LogP contribution is -2.11. The molecule has 4 rings (SSSR count). The van der Waals surface area contributed by atoms with Crippen LogP contribution in [0.1, 0.15) is 12.7 Å². The van der Waals surface area contributed by atoms with Crippen LogP contribution in [0.4, 0.5) is 0 Å². The number of rotatable bonds is 5. The molecule has 3 aromatic carbocycles. The first kappa shape index (κ1) is 14.8. The highest BCUT2D eigenvalue weighted by atomic mass is 16.5. The molecule has 0 saturated carbocycles. The minimum atomic E-state index is 0.626. The van der Waals surface area contributed by atoms with Crippen molar-refractivity contribution in [3.8, 4) is 5.75 Å². The Morgan fingerprint density at radius 2 is 1.71 bits per heavy atom. The predicted molar refractivity (Wildman–Crippen MR) is 98.6 cm³/mol. The molecule has 0 bridgehead atoms. The highest BCUT2D eigenvalue weighted by Gasteiger charge is 2.09. The van der Waals surface area contributed by atoms with E-state index in [0.717, 1.165) is 35.4 Å². The maximum absolute atomic E-state index is 6.09. The Kier molecular flexibility index (Phi) is 3.91. The third-order valence-electron chi connectivity index (χ3n) is 4.37. The van der Waals surface area contributed by atoms with Gasteiger partial charge in [0.2, 0.25) is 0 Å². The van der Waals surface area contributed by atoms with E-state index in [1.807, 2.05) is 24.3 Å². The van der Waals surface area contributed by atoms with Crippen LogP contribution in [0.2, 0.25) is 0 Å². The van der Waals surface area contributed by atoms with Crippen molar-refractivity contribution in [1.82, 2.24) is 9.55 Å². The number of hydrogen-bond acceptors (Lipinski definition) is 2. The zero-order valence-corrected chi connectivity index (χ0v) is 13.8. The van der Waals surface area contributed by atoms with Gasteiger partial charge in [0.15, 0.2) is 0 Å². The fourth-order valence-corrected chi connectivity index (χ4v) is 3.21. The summed E-state index contributed by atoms with van der Waals surface area (Å²) in [6, 6.07) is 22.8. The minimum Gasteiger partial charge on any atom is -0.491 e. The Morgan fingerprint density at radius 1 is 0.917 bits per heavy atom. The Balaban J connectivity index is 1.57. The van der Waals surface area contributed by atoms with E-state index < -0.39 is 0 Å². The van der Waals surface area contributed by atoms with E-state index in [4.69, 9.17) is 9.72 Å². The highest BCUT2D eigenvalue weighted by Crippen LogP contribution is 2.25. The topological polar surface area (TPSA) is 27.1 Å². The maximum atomic E-state index is 6.09. The van der Waals surface area contributed by atoms with Gasteiger partial charge in [-0.25, -0.2) is 4.98 Å². The molecular formula is C21H20N2O. The summed E-state index contributed by atoms with van der Waals surface area (Å²) >= 11 is 0. The van der Waals surface area contributed by atoms with E-state index in [0.29, 0.717) is 6.61 Å². The molecule has 0 N–H and O–H groups in total. The average Bonchev–Trinajstić information content (AvgIpc) is 3.00. The summed E-state index contributed by atoms with van der Waals surface area (Å²) in [5, 5.41) is 2.36. The molecule has 0 unspecified atom stereocenters. The second kappa shape index (κ2) is 6.36. The minimum absolute atomic E-state index is 0.626. The highest BCUT2D eigenvalue weighted by molar-refractivity contribution is 5.88. The third kappa shape index (κ3) is 2.62. The molecule has 0 aliphatic rings. The van der Waals surface area contributed by atoms with E-state index in [9.17, 15) is 0 Å². The Morgan fingerprint density at radius 3 is 2.62 bits per heavy atom. The van der Waals surface area contributed by atoms with E-state index >= 15 is 0 Å². The first-order valence-electron chi connectivity index (χ1n) is 8.41. The molecule has 0 amide bonds. The van der Waals surface area contributed by atoms with Crippen molar-refractivity contribution in [2.75, 3.05) is 6.61 Å². The van der Waals surface area contributed by atoms with E-state index in [1.54, 1.807) is 0 Å². The van der Waals surface area contributed by atoms with Gasteiger partial charge in [-0.3, -0.25) is 0 Å². The van der Waals surface area contributed by atoms with Gasteiger partial charge in [-0.1, -0.05) is 55.5 Å². The first-order valence-corrected chi connectivity index (χ1v) is 8.41. The van der Waals surface area contributed by atoms with Crippen LogP contribution in [0.5, 0.6) is 5.75 Å². The van der Waals surface area contributed by atoms with Gasteiger partial charge in [-0.2, -0.15) is 0 Å². The zero-order valence-electron chi connectivity index (χ0n) is 13.8. The third-order valence-corrected chi connectivity index (χ3v) is 4.37. The van der Waals surface area contributed by atoms with Gasteiger partial charge in [0.1, 0.15) is 18.2 Å². The summed E-state index contributed by atoms with van der Waals surface area (Å²) in [6.07, 6.45) is 0.920. The van der Waals surface area contributed by atoms with Crippen molar-refractivity contribution in [3.63, 3.8) is 0 Å². The van der Waals surface area contributed by atoms with E-state index in [1.165, 1.54) is 10.9 Å². The zero-order chi connectivity index (χ0) is 16.4. The fourth-order valence-electron chi connectivity index (χ4n) is 3.21. The van der Waals surface area contributed by atoms with Gasteiger partial charge in [0.25, 0.3) is 0 Å². The van der Waals surface area contributed by atoms with Crippen LogP contribution in [0, 0.1) is 0 Å². The largest absolute Gasteiger partial charge is 0.491 e. The second-order valence-electron chi connectivity index (χ2n) is 5.85. The Bertz CT molecular complexity index is 982. The average molecular weight is 316 g/mol. The lowest BCUT2D eigenvalue weighted by Gasteiger charge is -2.12. The summed E-state index contributed by atoms with van der Waals surface area (Å²) < 4.78 is 8.36. The summed E-state index contributed by atoms with van der Waals surface area (Å²) in [6.45, 7) is 3.57. The van der Waals surface area contributed by atoms with Crippen molar-refractivity contribution < 1.29 is 4.74 Å². The molecular weight excluding hydrogens is 296 g/mol. The Labute approximate surface area is 141 Å². The predicted octanol–water partition coefficient (Wildman–Crippen LogP) is 4.83. The molecule has 0 saturated heterocycles. The molecule has 0 spiro atoms. The summed E-state index contributed by atoms with van der Waals surface area (Å²) in [5.74, 6) is 2.05. The number of benzene rings is 3. The number of aromatic nitrogens is 2. The molecule has 3 nitrogen and oxygen atoms in total. The number of hydrogen-bond donors (Lipinski definition) is 0. The molecule has 0 atom stereocenters. The molecule has 3 heteroatoms. The van der Waals surface area contributed by atoms with Gasteiger partial charge in [-0.05, 0) is 23.6 Å². The monoisotopic (exact) mass is 316 g/mol. The summed E-state index contributed by atoms with van der Waals surface area (Å²) in [4.78, 5) is 4.71. The molecule has 4 aromatic rings. The molecule has 120 valence electrons. The lowest BCUT2D eigenvalue weighted by atomic mass is 10.1. The number of para-hydroxylation sites is 2. The number of nitrogens with zero attached hydrogens (tertiary/aromatic N) is 2. The molecule has 0 aliphatic carbocycles. The number of imidazole rings is 1. The van der Waals surface area contributed by atoms with Crippen molar-refractivity contribution >= 4 is 21.8 Å². The van der Waals surface area contributed by atoms with Crippen LogP contribution < -0.4 is 4.74 Å². The van der Waals surface area contributed by atoms with E-state index in [2.05, 4.69) is 54.0 Å². The second-order valence-corrected chi connectivity index (χ2v) is 5.85. The normalized spacial score (nSPS) is 11.2. The number of fused-ring (bicyclic) bond motifs is 2. The Hall–Kier alpha value is -2.81. The molecule has 0 radical (unpaired) electrons. The van der Waals surface area contributed by atoms with Gasteiger partial charge in [0, 0.05) is 11.8 Å². The molecule has 0 aliphatic heterocycles. The van der Waals surface area contributed by atoms with E-state index in [-0.39, 0.29) is 0 Å². The smallest absolute Gasteiger partial charge is 0.127 e. The van der Waals surface area contributed by atoms with Gasteiger partial charge < -0.3 is 9.30 Å². The molecule has 24 heavy (non-hydrogen) atoms. The lowest BCUT2D eigenvalue weighted by molar-refractivity contribution is 0.302. The number of ether oxygens (including phenoxy) is 1. The summed E-state index contributed by atoms with van der Waals surface area (Å²) in [7, 11) is 0. The van der Waals surface area contributed by atoms with Crippen LogP contribution in [0.15, 0.2) is 66.7 Å². The van der Waals surface area contributed by atoms with Crippen LogP contribution in [0.25, 0.3) is 21.8 Å². The first-order chi connectivity index (χ1) is 11.9. The van der Waals surface area contributed by atoms with Crippen LogP contribution in [-0.4, -0.2) is 16.2 Å². The van der Waals surface area contributed by atoms with Crippen molar-refractivity contribution in [3.05, 3.63) is 72.6 Å². The quantitative estimate of drug-likeness (QED) is 0.527. The molecule has 1 aromatic heterocycles. The van der Waals surface area contributed by atoms with Crippen LogP contribution >= 0.6 is 0 Å². The van der Waals surface area contributed by atoms with Crippen molar-refractivity contribution in [2.45, 2.75) is 19.9 Å². The fraction of sp³-hybridized carbons (Fsp3) is 0.190. The van der Waals surface area contributed by atoms with Crippen molar-refractivity contribution in [2.24, 2.45) is 0 Å². The van der Waals surface area contributed by atoms with Gasteiger partial charge in [-0.15, -0.1) is 0 Å². The standard InChI is InChI=1S/C21H20N2O/c1-2-21-22-18-11-5-6-12-19(18)23(21)14-15-24-20-13-7-9-16-8-3-4-10-17(16)20/h3-13H,2,14-15H2,1H3. The summed E-state index contributed by atoms with van der Waals surface area (Å²) in [5.41, 5.74) is 2.23. The van der Waals surface area contributed by atoms with Gasteiger partial charge >= 0.3 is 0 Å². The maximum Gasteiger partial charge on any atom is 0.127 e. The van der Waals surface area contributed by atoms with Crippen LogP contribution in [-0.2, 0) is 13.0 Å². The molecule has 1 heterocycles. The number of aryl methyl sites for hydroxylation is 1. The molecule has 0 fully saturated rings.